The van der Waals surface area contributed by atoms with Crippen LogP contribution in [0, 0.1) is 5.92 Å². The monoisotopic (exact) mass is 235 g/mol. The summed E-state index contributed by atoms with van der Waals surface area (Å²) in [5.41, 5.74) is 1.15. The molecule has 1 aromatic rings. The quantitative estimate of drug-likeness (QED) is 0.844. The van der Waals surface area contributed by atoms with E-state index in [-0.39, 0.29) is 0 Å². The van der Waals surface area contributed by atoms with Crippen molar-refractivity contribution in [1.29, 1.82) is 0 Å². The molecule has 4 heteroatoms. The van der Waals surface area contributed by atoms with Crippen molar-refractivity contribution in [1.82, 2.24) is 15.3 Å². The van der Waals surface area contributed by atoms with E-state index in [0.29, 0.717) is 11.8 Å². The topological polar surface area (TPSA) is 47.0 Å². The summed E-state index contributed by atoms with van der Waals surface area (Å²) in [7, 11) is 0. The van der Waals surface area contributed by atoms with Gasteiger partial charge in [-0.3, -0.25) is 0 Å². The molecule has 0 bridgehead atoms. The van der Waals surface area contributed by atoms with Crippen LogP contribution in [0.15, 0.2) is 12.4 Å². The second kappa shape index (κ2) is 6.07. The average molecular weight is 235 g/mol. The SMILES string of the molecule is CC(C)CNCc1cnc(C2CCOC2)nc1. The first kappa shape index (κ1) is 12.5. The summed E-state index contributed by atoms with van der Waals surface area (Å²) in [6, 6.07) is 0. The lowest BCUT2D eigenvalue weighted by molar-refractivity contribution is 0.193. The van der Waals surface area contributed by atoms with E-state index in [4.69, 9.17) is 4.74 Å². The molecule has 1 fully saturated rings. The van der Waals surface area contributed by atoms with Crippen molar-refractivity contribution >= 4 is 0 Å². The first-order valence-electron chi connectivity index (χ1n) is 6.35. The van der Waals surface area contributed by atoms with Crippen molar-refractivity contribution in [3.8, 4) is 0 Å². The van der Waals surface area contributed by atoms with E-state index >= 15 is 0 Å². The van der Waals surface area contributed by atoms with E-state index in [1.54, 1.807) is 0 Å². The minimum absolute atomic E-state index is 0.396. The Hall–Kier alpha value is -1.00. The standard InChI is InChI=1S/C13H21N3O/c1-10(2)5-14-6-11-7-15-13(16-8-11)12-3-4-17-9-12/h7-8,10,12,14H,3-6,9H2,1-2H3. The molecule has 2 rings (SSSR count). The van der Waals surface area contributed by atoms with Gasteiger partial charge in [-0.2, -0.15) is 0 Å². The van der Waals surface area contributed by atoms with Gasteiger partial charge in [-0.15, -0.1) is 0 Å². The van der Waals surface area contributed by atoms with Gasteiger partial charge >= 0.3 is 0 Å². The molecule has 17 heavy (non-hydrogen) atoms. The maximum atomic E-state index is 5.34. The Labute approximate surface area is 103 Å². The minimum Gasteiger partial charge on any atom is -0.381 e. The van der Waals surface area contributed by atoms with Crippen LogP contribution >= 0.6 is 0 Å². The molecule has 0 amide bonds. The van der Waals surface area contributed by atoms with Crippen molar-refractivity contribution in [2.75, 3.05) is 19.8 Å². The van der Waals surface area contributed by atoms with Gasteiger partial charge < -0.3 is 10.1 Å². The Morgan fingerprint density at radius 1 is 1.41 bits per heavy atom. The Morgan fingerprint density at radius 3 is 2.76 bits per heavy atom. The van der Waals surface area contributed by atoms with Crippen LogP contribution in [-0.4, -0.2) is 29.7 Å². The molecular weight excluding hydrogens is 214 g/mol. The summed E-state index contributed by atoms with van der Waals surface area (Å²) in [5, 5.41) is 3.39. The van der Waals surface area contributed by atoms with Crippen LogP contribution in [0.2, 0.25) is 0 Å². The molecular formula is C13H21N3O. The Balaban J connectivity index is 1.84. The third-order valence-corrected chi connectivity index (χ3v) is 2.90. The highest BCUT2D eigenvalue weighted by molar-refractivity contribution is 5.08. The molecule has 1 saturated heterocycles. The summed E-state index contributed by atoms with van der Waals surface area (Å²) in [6.07, 6.45) is 4.90. The van der Waals surface area contributed by atoms with E-state index < -0.39 is 0 Å². The Bertz CT molecular complexity index is 331. The van der Waals surface area contributed by atoms with Crippen LogP contribution in [0.5, 0.6) is 0 Å². The van der Waals surface area contributed by atoms with Crippen molar-refractivity contribution in [2.24, 2.45) is 5.92 Å². The number of nitrogens with one attached hydrogen (secondary N) is 1. The third-order valence-electron chi connectivity index (χ3n) is 2.90. The molecule has 1 atom stereocenters. The van der Waals surface area contributed by atoms with Crippen LogP contribution < -0.4 is 5.32 Å². The maximum Gasteiger partial charge on any atom is 0.133 e. The molecule has 1 N–H and O–H groups in total. The van der Waals surface area contributed by atoms with Gasteiger partial charge in [0.2, 0.25) is 0 Å². The number of hydrogen-bond acceptors (Lipinski definition) is 4. The third kappa shape index (κ3) is 3.75. The summed E-state index contributed by atoms with van der Waals surface area (Å²) in [5.74, 6) is 1.99. The van der Waals surface area contributed by atoms with Gasteiger partial charge in [-0.1, -0.05) is 13.8 Å². The molecule has 1 aliphatic heterocycles. The molecule has 94 valence electrons. The molecule has 4 nitrogen and oxygen atoms in total. The van der Waals surface area contributed by atoms with Gasteiger partial charge in [-0.05, 0) is 18.9 Å². The van der Waals surface area contributed by atoms with Crippen molar-refractivity contribution in [3.63, 3.8) is 0 Å². The van der Waals surface area contributed by atoms with Gasteiger partial charge in [0.05, 0.1) is 6.61 Å². The fourth-order valence-electron chi connectivity index (χ4n) is 1.91. The number of ether oxygens (including phenoxy) is 1. The summed E-state index contributed by atoms with van der Waals surface area (Å²) in [4.78, 5) is 8.85. The van der Waals surface area contributed by atoms with Crippen LogP contribution in [0.4, 0.5) is 0 Å². The number of rotatable bonds is 5. The Kier molecular flexibility index (Phi) is 4.45. The molecule has 1 aliphatic rings. The summed E-state index contributed by atoms with van der Waals surface area (Å²) < 4.78 is 5.34. The lowest BCUT2D eigenvalue weighted by Crippen LogP contribution is -2.19. The van der Waals surface area contributed by atoms with Crippen molar-refractivity contribution in [3.05, 3.63) is 23.8 Å². The molecule has 2 heterocycles. The lowest BCUT2D eigenvalue weighted by Gasteiger charge is -2.09. The van der Waals surface area contributed by atoms with Gasteiger partial charge in [0.1, 0.15) is 5.82 Å². The summed E-state index contributed by atoms with van der Waals surface area (Å²) in [6.45, 7) is 7.88. The molecule has 0 aliphatic carbocycles. The van der Waals surface area contributed by atoms with Crippen LogP contribution in [0.25, 0.3) is 0 Å². The maximum absolute atomic E-state index is 5.34. The number of aromatic nitrogens is 2. The first-order valence-corrected chi connectivity index (χ1v) is 6.35. The van der Waals surface area contributed by atoms with Gasteiger partial charge in [0, 0.05) is 37.0 Å². The minimum atomic E-state index is 0.396. The highest BCUT2D eigenvalue weighted by atomic mass is 16.5. The molecule has 0 aromatic carbocycles. The predicted octanol–water partition coefficient (Wildman–Crippen LogP) is 1.73. The lowest BCUT2D eigenvalue weighted by atomic mass is 10.1. The molecule has 0 saturated carbocycles. The zero-order valence-electron chi connectivity index (χ0n) is 10.6. The molecule has 0 spiro atoms. The summed E-state index contributed by atoms with van der Waals surface area (Å²) >= 11 is 0. The van der Waals surface area contributed by atoms with Crippen LogP contribution in [-0.2, 0) is 11.3 Å². The number of hydrogen-bond donors (Lipinski definition) is 1. The fourth-order valence-corrected chi connectivity index (χ4v) is 1.91. The average Bonchev–Trinajstić information content (AvgIpc) is 2.83. The first-order chi connectivity index (χ1) is 8.25. The largest absolute Gasteiger partial charge is 0.381 e. The molecule has 1 unspecified atom stereocenters. The predicted molar refractivity (Wildman–Crippen MR) is 66.8 cm³/mol. The normalized spacial score (nSPS) is 20.1. The van der Waals surface area contributed by atoms with Gasteiger partial charge in [0.15, 0.2) is 0 Å². The zero-order valence-corrected chi connectivity index (χ0v) is 10.6. The van der Waals surface area contributed by atoms with E-state index in [0.717, 1.165) is 44.1 Å². The second-order valence-corrected chi connectivity index (χ2v) is 5.03. The van der Waals surface area contributed by atoms with E-state index in [1.807, 2.05) is 12.4 Å². The van der Waals surface area contributed by atoms with Gasteiger partial charge in [-0.25, -0.2) is 9.97 Å². The van der Waals surface area contributed by atoms with Crippen LogP contribution in [0.1, 0.15) is 37.6 Å². The zero-order chi connectivity index (χ0) is 12.1. The van der Waals surface area contributed by atoms with Crippen molar-refractivity contribution < 1.29 is 4.74 Å². The second-order valence-electron chi connectivity index (χ2n) is 5.03. The van der Waals surface area contributed by atoms with E-state index in [1.165, 1.54) is 0 Å². The number of nitrogens with zero attached hydrogens (tertiary/aromatic N) is 2. The molecule has 0 radical (unpaired) electrons. The Morgan fingerprint density at radius 2 is 2.18 bits per heavy atom. The fraction of sp³-hybridized carbons (Fsp3) is 0.692. The smallest absolute Gasteiger partial charge is 0.133 e. The van der Waals surface area contributed by atoms with Crippen molar-refractivity contribution in [2.45, 2.75) is 32.7 Å². The van der Waals surface area contributed by atoms with Crippen LogP contribution in [0.3, 0.4) is 0 Å². The van der Waals surface area contributed by atoms with Gasteiger partial charge in [0.25, 0.3) is 0 Å². The van der Waals surface area contributed by atoms with E-state index in [2.05, 4.69) is 29.1 Å². The highest BCUT2D eigenvalue weighted by Gasteiger charge is 2.19. The van der Waals surface area contributed by atoms with E-state index in [9.17, 15) is 0 Å². The highest BCUT2D eigenvalue weighted by Crippen LogP contribution is 2.21. The molecule has 1 aromatic heterocycles.